The van der Waals surface area contributed by atoms with Gasteiger partial charge in [0.05, 0.1) is 6.10 Å². The van der Waals surface area contributed by atoms with Crippen LogP contribution < -0.4 is 16.0 Å². The Bertz CT molecular complexity index is 1240. The van der Waals surface area contributed by atoms with Gasteiger partial charge in [-0.25, -0.2) is 9.97 Å². The fraction of sp³-hybridized carbons (Fsp3) is 0.581. The lowest BCUT2D eigenvalue weighted by molar-refractivity contribution is -0.116. The Kier molecular flexibility index (Phi) is 10.4. The van der Waals surface area contributed by atoms with Crippen LogP contribution in [-0.4, -0.2) is 81.4 Å². The van der Waals surface area contributed by atoms with Gasteiger partial charge in [-0.15, -0.1) is 0 Å². The minimum Gasteiger partial charge on any atom is -0.392 e. The third-order valence-corrected chi connectivity index (χ3v) is 8.46. The zero-order valence-electron chi connectivity index (χ0n) is 24.4. The Hall–Kier alpha value is -3.57. The topological polar surface area (TPSA) is 141 Å². The number of aromatic nitrogens is 2. The van der Waals surface area contributed by atoms with Crippen molar-refractivity contribution in [2.45, 2.75) is 95.5 Å². The maximum absolute atomic E-state index is 12.8. The molecule has 0 radical (unpaired) electrons. The van der Waals surface area contributed by atoms with Crippen LogP contribution in [0.5, 0.6) is 0 Å². The first-order chi connectivity index (χ1) is 20.4. The fourth-order valence-electron chi connectivity index (χ4n) is 6.00. The summed E-state index contributed by atoms with van der Waals surface area (Å²) in [6.45, 7) is 4.03. The molecular formula is C31H43N7O4. The Labute approximate surface area is 247 Å². The van der Waals surface area contributed by atoms with Gasteiger partial charge in [0.1, 0.15) is 29.7 Å². The van der Waals surface area contributed by atoms with Gasteiger partial charge in [0, 0.05) is 44.3 Å². The van der Waals surface area contributed by atoms with Crippen molar-refractivity contribution < 1.29 is 19.5 Å². The highest BCUT2D eigenvalue weighted by atomic mass is 16.6. The first-order valence-electron chi connectivity index (χ1n) is 15.3. The number of aliphatic hydroxyl groups excluding tert-OH is 1. The van der Waals surface area contributed by atoms with Crippen LogP contribution in [0.2, 0.25) is 0 Å². The van der Waals surface area contributed by atoms with Crippen LogP contribution in [0, 0.1) is 0 Å². The maximum Gasteiger partial charge on any atom is 0.270 e. The third kappa shape index (κ3) is 8.48. The van der Waals surface area contributed by atoms with Crippen LogP contribution in [0.25, 0.3) is 0 Å². The molecule has 226 valence electrons. The molecule has 2 saturated carbocycles. The lowest BCUT2D eigenvalue weighted by atomic mass is 9.91. The molecule has 1 atom stereocenters. The quantitative estimate of drug-likeness (QED) is 0.236. The van der Waals surface area contributed by atoms with Crippen LogP contribution in [0.15, 0.2) is 41.8 Å². The SMILES string of the molecule is C/C(=N/OC1CCCC1)C(=O)NC1CCC(Nc2cc(C(=O)NC[C@H](O)CN3CCc4ccccc4C3)ncn2)CC1. The van der Waals surface area contributed by atoms with Crippen molar-refractivity contribution in [1.29, 1.82) is 0 Å². The molecule has 42 heavy (non-hydrogen) atoms. The molecule has 0 bridgehead atoms. The number of benzene rings is 1. The molecule has 1 aliphatic heterocycles. The molecule has 0 saturated heterocycles. The molecular weight excluding hydrogens is 534 g/mol. The number of hydrogen-bond donors (Lipinski definition) is 4. The van der Waals surface area contributed by atoms with Crippen LogP contribution in [-0.2, 0) is 22.6 Å². The Morgan fingerprint density at radius 3 is 2.60 bits per heavy atom. The molecule has 4 N–H and O–H groups in total. The van der Waals surface area contributed by atoms with E-state index in [1.807, 2.05) is 6.07 Å². The molecule has 2 amide bonds. The molecule has 1 aromatic carbocycles. The number of anilines is 1. The van der Waals surface area contributed by atoms with E-state index in [0.717, 1.165) is 70.9 Å². The molecule has 2 heterocycles. The Balaban J connectivity index is 1.01. The number of fused-ring (bicyclic) bond motifs is 1. The van der Waals surface area contributed by atoms with Gasteiger partial charge in [0.2, 0.25) is 0 Å². The summed E-state index contributed by atoms with van der Waals surface area (Å²) in [5.41, 5.74) is 3.27. The molecule has 2 fully saturated rings. The van der Waals surface area contributed by atoms with Gasteiger partial charge >= 0.3 is 0 Å². The van der Waals surface area contributed by atoms with E-state index in [4.69, 9.17) is 4.84 Å². The summed E-state index contributed by atoms with van der Waals surface area (Å²) in [5.74, 6) is 0.0632. The maximum atomic E-state index is 12.8. The highest BCUT2D eigenvalue weighted by Gasteiger charge is 2.25. The van der Waals surface area contributed by atoms with Gasteiger partial charge in [-0.1, -0.05) is 29.4 Å². The third-order valence-electron chi connectivity index (χ3n) is 8.46. The number of aliphatic hydroxyl groups is 1. The van der Waals surface area contributed by atoms with Crippen LogP contribution in [0.3, 0.4) is 0 Å². The number of nitrogens with one attached hydrogen (secondary N) is 3. The average Bonchev–Trinajstić information content (AvgIpc) is 3.53. The minimum absolute atomic E-state index is 0.0880. The predicted molar refractivity (Wildman–Crippen MR) is 160 cm³/mol. The van der Waals surface area contributed by atoms with E-state index in [2.05, 4.69) is 54.2 Å². The molecule has 2 aromatic rings. The number of carbonyl (C=O) groups excluding carboxylic acids is 2. The molecule has 0 unspecified atom stereocenters. The summed E-state index contributed by atoms with van der Waals surface area (Å²) in [4.78, 5) is 41.4. The van der Waals surface area contributed by atoms with Crippen LogP contribution in [0.4, 0.5) is 5.82 Å². The summed E-state index contributed by atoms with van der Waals surface area (Å²) < 4.78 is 0. The zero-order valence-corrected chi connectivity index (χ0v) is 24.4. The van der Waals surface area contributed by atoms with Gasteiger partial charge in [0.25, 0.3) is 11.8 Å². The molecule has 5 rings (SSSR count). The lowest BCUT2D eigenvalue weighted by Crippen LogP contribution is -2.42. The lowest BCUT2D eigenvalue weighted by Gasteiger charge is -2.30. The molecule has 1 aromatic heterocycles. The van der Waals surface area contributed by atoms with Gasteiger partial charge < -0.3 is 25.9 Å². The first-order valence-corrected chi connectivity index (χ1v) is 15.3. The number of carbonyl (C=O) groups is 2. The van der Waals surface area contributed by atoms with Crippen molar-refractivity contribution in [3.63, 3.8) is 0 Å². The van der Waals surface area contributed by atoms with Crippen molar-refractivity contribution in [2.75, 3.05) is 25.0 Å². The number of nitrogens with zero attached hydrogens (tertiary/aromatic N) is 4. The second-order valence-corrected chi connectivity index (χ2v) is 11.8. The Morgan fingerprint density at radius 1 is 1.07 bits per heavy atom. The van der Waals surface area contributed by atoms with E-state index < -0.39 is 6.10 Å². The predicted octanol–water partition coefficient (Wildman–Crippen LogP) is 2.80. The largest absolute Gasteiger partial charge is 0.392 e. The second kappa shape index (κ2) is 14.6. The van der Waals surface area contributed by atoms with Crippen molar-refractivity contribution in [2.24, 2.45) is 5.16 Å². The summed E-state index contributed by atoms with van der Waals surface area (Å²) in [7, 11) is 0. The molecule has 0 spiro atoms. The number of oxime groups is 1. The second-order valence-electron chi connectivity index (χ2n) is 11.8. The van der Waals surface area contributed by atoms with Crippen molar-refractivity contribution in [3.8, 4) is 0 Å². The minimum atomic E-state index is -0.677. The van der Waals surface area contributed by atoms with Crippen molar-refractivity contribution >= 4 is 23.3 Å². The van der Waals surface area contributed by atoms with E-state index in [1.165, 1.54) is 17.5 Å². The van der Waals surface area contributed by atoms with E-state index in [1.54, 1.807) is 13.0 Å². The van der Waals surface area contributed by atoms with E-state index >= 15 is 0 Å². The smallest absolute Gasteiger partial charge is 0.270 e. The van der Waals surface area contributed by atoms with Crippen LogP contribution in [0.1, 0.15) is 79.9 Å². The number of rotatable bonds is 11. The molecule has 2 aliphatic carbocycles. The van der Waals surface area contributed by atoms with Gasteiger partial charge in [-0.2, -0.15) is 0 Å². The summed E-state index contributed by atoms with van der Waals surface area (Å²) in [6, 6.07) is 10.3. The number of β-amino-alcohol motifs (C(OH)–C–C–N with tert-alkyl or cyclic N) is 1. The van der Waals surface area contributed by atoms with Gasteiger partial charge in [0.15, 0.2) is 0 Å². The van der Waals surface area contributed by atoms with E-state index in [-0.39, 0.29) is 42.2 Å². The zero-order chi connectivity index (χ0) is 29.3. The average molecular weight is 578 g/mol. The van der Waals surface area contributed by atoms with Crippen LogP contribution >= 0.6 is 0 Å². The molecule has 11 nitrogen and oxygen atoms in total. The van der Waals surface area contributed by atoms with E-state index in [0.29, 0.717) is 18.1 Å². The first kappa shape index (κ1) is 29.9. The number of hydrogen-bond acceptors (Lipinski definition) is 9. The standard InChI is InChI=1S/C31H43N7O4/c1-21(37-42-27-8-4-5-9-27)30(40)36-25-12-10-24(11-13-25)35-29-16-28(33-20-34-29)31(41)32-17-26(39)19-38-15-14-22-6-2-3-7-23(22)18-38/h2-3,6-7,16,20,24-27,39H,4-5,8-15,17-19H2,1H3,(H,32,41)(H,36,40)(H,33,34,35)/b37-21-/t24?,25?,26-/m0/s1. The fourth-order valence-corrected chi connectivity index (χ4v) is 6.00. The van der Waals surface area contributed by atoms with Gasteiger partial charge in [-0.3, -0.25) is 14.5 Å². The summed E-state index contributed by atoms with van der Waals surface area (Å²) in [6.07, 6.45) is 9.51. The molecule has 3 aliphatic rings. The molecule has 11 heteroatoms. The monoisotopic (exact) mass is 577 g/mol. The van der Waals surface area contributed by atoms with Gasteiger partial charge in [-0.05, 0) is 75.8 Å². The van der Waals surface area contributed by atoms with Crippen molar-refractivity contribution in [3.05, 3.63) is 53.5 Å². The van der Waals surface area contributed by atoms with Crippen molar-refractivity contribution in [1.82, 2.24) is 25.5 Å². The normalized spacial score (nSPS) is 22.2. The highest BCUT2D eigenvalue weighted by molar-refractivity contribution is 6.37. The summed E-state index contributed by atoms with van der Waals surface area (Å²) >= 11 is 0. The number of amides is 2. The Morgan fingerprint density at radius 2 is 1.81 bits per heavy atom. The highest BCUT2D eigenvalue weighted by Crippen LogP contribution is 2.23. The summed E-state index contributed by atoms with van der Waals surface area (Å²) in [5, 5.41) is 23.9. The van der Waals surface area contributed by atoms with E-state index in [9.17, 15) is 14.7 Å².